The zero-order chi connectivity index (χ0) is 10.6. The molecule has 0 fully saturated rings. The lowest BCUT2D eigenvalue weighted by Crippen LogP contribution is -2.35. The molecule has 1 rings (SSSR count). The molecule has 0 radical (unpaired) electrons. The Kier molecular flexibility index (Phi) is 3.73. The maximum absolute atomic E-state index is 11.5. The molecule has 0 aliphatic heterocycles. The highest BCUT2D eigenvalue weighted by molar-refractivity contribution is 5.81. The van der Waals surface area contributed by atoms with Crippen molar-refractivity contribution < 1.29 is 4.79 Å². The fraction of sp³-hybridized carbons (Fsp3) is 0.750. The van der Waals surface area contributed by atoms with Crippen LogP contribution in [0.3, 0.4) is 0 Å². The standard InChI is InChI=1S/C12H21NO/c1-12(2,3)11(14)13-9-8-10-6-4-5-7-10/h4-5,10H,6-9H2,1-3H3,(H,13,14). The number of rotatable bonds is 3. The van der Waals surface area contributed by atoms with Crippen molar-refractivity contribution in [3.63, 3.8) is 0 Å². The smallest absolute Gasteiger partial charge is 0.225 e. The summed E-state index contributed by atoms with van der Waals surface area (Å²) in [6.07, 6.45) is 7.94. The van der Waals surface area contributed by atoms with E-state index in [-0.39, 0.29) is 11.3 Å². The van der Waals surface area contributed by atoms with E-state index in [1.54, 1.807) is 0 Å². The average Bonchev–Trinajstić information content (AvgIpc) is 2.55. The zero-order valence-electron chi connectivity index (χ0n) is 9.47. The van der Waals surface area contributed by atoms with Crippen molar-refractivity contribution in [1.29, 1.82) is 0 Å². The summed E-state index contributed by atoms with van der Waals surface area (Å²) in [5.74, 6) is 0.915. The van der Waals surface area contributed by atoms with Crippen molar-refractivity contribution in [1.82, 2.24) is 5.32 Å². The summed E-state index contributed by atoms with van der Waals surface area (Å²) in [5.41, 5.74) is -0.256. The first kappa shape index (κ1) is 11.3. The summed E-state index contributed by atoms with van der Waals surface area (Å²) in [5, 5.41) is 2.98. The number of allylic oxidation sites excluding steroid dienone is 2. The molecule has 0 aromatic carbocycles. The lowest BCUT2D eigenvalue weighted by Gasteiger charge is -2.18. The Bertz CT molecular complexity index is 217. The maximum Gasteiger partial charge on any atom is 0.225 e. The van der Waals surface area contributed by atoms with Crippen LogP contribution in [0.4, 0.5) is 0 Å². The van der Waals surface area contributed by atoms with E-state index in [1.807, 2.05) is 20.8 Å². The Labute approximate surface area is 86.8 Å². The van der Waals surface area contributed by atoms with Gasteiger partial charge in [0.2, 0.25) is 5.91 Å². The van der Waals surface area contributed by atoms with E-state index >= 15 is 0 Å². The van der Waals surface area contributed by atoms with Crippen molar-refractivity contribution in [2.24, 2.45) is 11.3 Å². The van der Waals surface area contributed by atoms with Gasteiger partial charge in [-0.25, -0.2) is 0 Å². The molecule has 80 valence electrons. The topological polar surface area (TPSA) is 29.1 Å². The van der Waals surface area contributed by atoms with Crippen LogP contribution in [0.5, 0.6) is 0 Å². The monoisotopic (exact) mass is 195 g/mol. The average molecular weight is 195 g/mol. The van der Waals surface area contributed by atoms with E-state index in [0.29, 0.717) is 0 Å². The lowest BCUT2D eigenvalue weighted by atomic mass is 9.95. The molecule has 1 aliphatic rings. The summed E-state index contributed by atoms with van der Waals surface area (Å²) in [7, 11) is 0. The van der Waals surface area contributed by atoms with Gasteiger partial charge in [0, 0.05) is 12.0 Å². The summed E-state index contributed by atoms with van der Waals surface area (Å²) < 4.78 is 0. The number of amides is 1. The number of carbonyl (C=O) groups is 1. The second-order valence-electron chi connectivity index (χ2n) is 5.10. The molecule has 0 saturated heterocycles. The van der Waals surface area contributed by atoms with Crippen LogP contribution in [0.1, 0.15) is 40.0 Å². The van der Waals surface area contributed by atoms with Gasteiger partial charge in [-0.3, -0.25) is 4.79 Å². The fourth-order valence-electron chi connectivity index (χ4n) is 1.56. The molecule has 0 atom stereocenters. The van der Waals surface area contributed by atoms with E-state index in [4.69, 9.17) is 0 Å². The minimum absolute atomic E-state index is 0.156. The Balaban J connectivity index is 2.12. The summed E-state index contributed by atoms with van der Waals surface area (Å²) >= 11 is 0. The highest BCUT2D eigenvalue weighted by Crippen LogP contribution is 2.20. The van der Waals surface area contributed by atoms with Crippen LogP contribution in [0.25, 0.3) is 0 Å². The molecule has 0 spiro atoms. The summed E-state index contributed by atoms with van der Waals surface area (Å²) in [6.45, 7) is 6.65. The first-order chi connectivity index (χ1) is 6.50. The van der Waals surface area contributed by atoms with Crippen molar-refractivity contribution in [3.05, 3.63) is 12.2 Å². The normalized spacial score (nSPS) is 17.4. The highest BCUT2D eigenvalue weighted by Gasteiger charge is 2.20. The SMILES string of the molecule is CC(C)(C)C(=O)NCCC1CC=CC1. The van der Waals surface area contributed by atoms with Gasteiger partial charge in [0.15, 0.2) is 0 Å². The van der Waals surface area contributed by atoms with Crippen LogP contribution < -0.4 is 5.32 Å². The molecule has 0 saturated carbocycles. The van der Waals surface area contributed by atoms with E-state index in [0.717, 1.165) is 18.9 Å². The van der Waals surface area contributed by atoms with Gasteiger partial charge < -0.3 is 5.32 Å². The Morgan fingerprint density at radius 2 is 1.93 bits per heavy atom. The third kappa shape index (κ3) is 3.52. The Hall–Kier alpha value is -0.790. The van der Waals surface area contributed by atoms with Gasteiger partial charge in [-0.15, -0.1) is 0 Å². The Morgan fingerprint density at radius 3 is 2.43 bits per heavy atom. The van der Waals surface area contributed by atoms with Crippen LogP contribution >= 0.6 is 0 Å². The van der Waals surface area contributed by atoms with Crippen LogP contribution in [-0.4, -0.2) is 12.5 Å². The molecule has 14 heavy (non-hydrogen) atoms. The summed E-state index contributed by atoms with van der Waals surface area (Å²) in [6, 6.07) is 0. The second-order valence-corrected chi connectivity index (χ2v) is 5.10. The summed E-state index contributed by atoms with van der Waals surface area (Å²) in [4.78, 5) is 11.5. The van der Waals surface area contributed by atoms with Crippen molar-refractivity contribution >= 4 is 5.91 Å². The van der Waals surface area contributed by atoms with Gasteiger partial charge in [-0.1, -0.05) is 32.9 Å². The quantitative estimate of drug-likeness (QED) is 0.689. The molecule has 2 nitrogen and oxygen atoms in total. The molecule has 1 amide bonds. The molecule has 0 heterocycles. The predicted octanol–water partition coefficient (Wildman–Crippen LogP) is 2.51. The third-order valence-electron chi connectivity index (χ3n) is 2.62. The van der Waals surface area contributed by atoms with Crippen LogP contribution in [0.15, 0.2) is 12.2 Å². The van der Waals surface area contributed by atoms with Crippen LogP contribution in [0, 0.1) is 11.3 Å². The molecule has 0 bridgehead atoms. The molecular formula is C12H21NO. The van der Waals surface area contributed by atoms with Gasteiger partial charge in [0.1, 0.15) is 0 Å². The van der Waals surface area contributed by atoms with Gasteiger partial charge >= 0.3 is 0 Å². The molecular weight excluding hydrogens is 174 g/mol. The largest absolute Gasteiger partial charge is 0.356 e. The zero-order valence-corrected chi connectivity index (χ0v) is 9.47. The van der Waals surface area contributed by atoms with Gasteiger partial charge in [-0.2, -0.15) is 0 Å². The van der Waals surface area contributed by atoms with Crippen molar-refractivity contribution in [3.8, 4) is 0 Å². The van der Waals surface area contributed by atoms with Gasteiger partial charge in [-0.05, 0) is 25.2 Å². The molecule has 0 aromatic heterocycles. The minimum atomic E-state index is -0.256. The van der Waals surface area contributed by atoms with E-state index in [9.17, 15) is 4.79 Å². The first-order valence-electron chi connectivity index (χ1n) is 5.43. The van der Waals surface area contributed by atoms with E-state index < -0.39 is 0 Å². The molecule has 2 heteroatoms. The van der Waals surface area contributed by atoms with Crippen LogP contribution in [-0.2, 0) is 4.79 Å². The van der Waals surface area contributed by atoms with Crippen molar-refractivity contribution in [2.45, 2.75) is 40.0 Å². The van der Waals surface area contributed by atoms with E-state index in [2.05, 4.69) is 17.5 Å². The van der Waals surface area contributed by atoms with Gasteiger partial charge in [0.05, 0.1) is 0 Å². The van der Waals surface area contributed by atoms with E-state index in [1.165, 1.54) is 12.8 Å². The number of nitrogens with one attached hydrogen (secondary N) is 1. The predicted molar refractivity (Wildman–Crippen MR) is 58.9 cm³/mol. The highest BCUT2D eigenvalue weighted by atomic mass is 16.2. The van der Waals surface area contributed by atoms with Gasteiger partial charge in [0.25, 0.3) is 0 Å². The maximum atomic E-state index is 11.5. The Morgan fingerprint density at radius 1 is 1.36 bits per heavy atom. The number of carbonyl (C=O) groups excluding carboxylic acids is 1. The minimum Gasteiger partial charge on any atom is -0.356 e. The third-order valence-corrected chi connectivity index (χ3v) is 2.62. The van der Waals surface area contributed by atoms with Crippen LogP contribution in [0.2, 0.25) is 0 Å². The molecule has 0 unspecified atom stereocenters. The second kappa shape index (κ2) is 4.63. The fourth-order valence-corrected chi connectivity index (χ4v) is 1.56. The lowest BCUT2D eigenvalue weighted by molar-refractivity contribution is -0.128. The first-order valence-corrected chi connectivity index (χ1v) is 5.43. The van der Waals surface area contributed by atoms with Crippen molar-refractivity contribution in [2.75, 3.05) is 6.54 Å². The molecule has 1 aliphatic carbocycles. The number of hydrogen-bond donors (Lipinski definition) is 1. The number of hydrogen-bond acceptors (Lipinski definition) is 1. The molecule has 0 aromatic rings. The molecule has 1 N–H and O–H groups in total.